The Morgan fingerprint density at radius 3 is 2.88 bits per heavy atom. The van der Waals surface area contributed by atoms with Crippen molar-refractivity contribution in [3.05, 3.63) is 5.01 Å². The molecule has 0 spiro atoms. The van der Waals surface area contributed by atoms with Crippen LogP contribution in [0.1, 0.15) is 18.4 Å². The molecule has 1 saturated heterocycles. The minimum atomic E-state index is -0.934. The molecule has 0 aliphatic carbocycles. The number of carboxylic acids is 1. The van der Waals surface area contributed by atoms with Crippen LogP contribution in [-0.2, 0) is 16.0 Å². The van der Waals surface area contributed by atoms with Crippen LogP contribution >= 0.6 is 11.3 Å². The molecule has 1 aliphatic rings. The van der Waals surface area contributed by atoms with Crippen LogP contribution in [0.25, 0.3) is 0 Å². The van der Waals surface area contributed by atoms with Crippen LogP contribution in [0.3, 0.4) is 0 Å². The van der Waals surface area contributed by atoms with Crippen molar-refractivity contribution in [2.45, 2.75) is 19.8 Å². The molecule has 1 aliphatic heterocycles. The average molecular weight is 241 g/mol. The largest absolute Gasteiger partial charge is 0.481 e. The zero-order chi connectivity index (χ0) is 11.7. The fraction of sp³-hybridized carbons (Fsp3) is 0.556. The first-order chi connectivity index (χ1) is 7.61. The second-order valence-electron chi connectivity index (χ2n) is 3.58. The van der Waals surface area contributed by atoms with Crippen molar-refractivity contribution in [2.75, 3.05) is 11.4 Å². The molecule has 1 aromatic heterocycles. The Balaban J connectivity index is 2.16. The van der Waals surface area contributed by atoms with E-state index in [0.29, 0.717) is 5.13 Å². The summed E-state index contributed by atoms with van der Waals surface area (Å²) in [5, 5.41) is 18.0. The van der Waals surface area contributed by atoms with E-state index in [-0.39, 0.29) is 18.9 Å². The van der Waals surface area contributed by atoms with Crippen LogP contribution in [0.4, 0.5) is 5.13 Å². The van der Waals surface area contributed by atoms with Gasteiger partial charge in [-0.15, -0.1) is 10.2 Å². The van der Waals surface area contributed by atoms with Gasteiger partial charge in [0, 0.05) is 13.0 Å². The maximum atomic E-state index is 11.6. The number of carboxylic acid groups (broad SMARTS) is 1. The molecule has 0 radical (unpaired) electrons. The van der Waals surface area contributed by atoms with Gasteiger partial charge in [-0.1, -0.05) is 18.3 Å². The smallest absolute Gasteiger partial charge is 0.308 e. The van der Waals surface area contributed by atoms with Crippen molar-refractivity contribution in [1.82, 2.24) is 10.2 Å². The lowest BCUT2D eigenvalue weighted by Gasteiger charge is -2.10. The number of aryl methyl sites for hydroxylation is 1. The zero-order valence-electron chi connectivity index (χ0n) is 8.71. The van der Waals surface area contributed by atoms with Crippen molar-refractivity contribution in [3.63, 3.8) is 0 Å². The number of aliphatic carboxylic acids is 1. The summed E-state index contributed by atoms with van der Waals surface area (Å²) < 4.78 is 0. The van der Waals surface area contributed by atoms with Crippen molar-refractivity contribution < 1.29 is 14.7 Å². The number of carbonyl (C=O) groups is 2. The van der Waals surface area contributed by atoms with E-state index in [1.165, 1.54) is 16.2 Å². The summed E-state index contributed by atoms with van der Waals surface area (Å²) in [6.45, 7) is 2.16. The highest BCUT2D eigenvalue weighted by Crippen LogP contribution is 2.27. The predicted molar refractivity (Wildman–Crippen MR) is 57.4 cm³/mol. The minimum absolute atomic E-state index is 0.0520. The highest BCUT2D eigenvalue weighted by molar-refractivity contribution is 7.15. The van der Waals surface area contributed by atoms with Gasteiger partial charge in [0.15, 0.2) is 0 Å². The van der Waals surface area contributed by atoms with Crippen LogP contribution in [0.15, 0.2) is 0 Å². The van der Waals surface area contributed by atoms with Gasteiger partial charge < -0.3 is 5.11 Å². The van der Waals surface area contributed by atoms with Gasteiger partial charge >= 0.3 is 5.97 Å². The lowest BCUT2D eigenvalue weighted by atomic mass is 10.1. The van der Waals surface area contributed by atoms with Crippen LogP contribution < -0.4 is 4.90 Å². The van der Waals surface area contributed by atoms with Crippen LogP contribution in [-0.4, -0.2) is 33.7 Å². The number of nitrogens with zero attached hydrogens (tertiary/aromatic N) is 3. The molecule has 0 saturated carbocycles. The van der Waals surface area contributed by atoms with Gasteiger partial charge in [-0.3, -0.25) is 14.5 Å². The van der Waals surface area contributed by atoms with E-state index in [0.717, 1.165) is 11.4 Å². The highest BCUT2D eigenvalue weighted by atomic mass is 32.1. The van der Waals surface area contributed by atoms with Crippen LogP contribution in [0.5, 0.6) is 0 Å². The van der Waals surface area contributed by atoms with E-state index in [9.17, 15) is 9.59 Å². The van der Waals surface area contributed by atoms with Crippen molar-refractivity contribution in [1.29, 1.82) is 0 Å². The molecule has 0 aromatic carbocycles. The Labute approximate surface area is 95.9 Å². The van der Waals surface area contributed by atoms with Gasteiger partial charge in [-0.25, -0.2) is 0 Å². The topological polar surface area (TPSA) is 83.4 Å². The second kappa shape index (κ2) is 4.17. The first kappa shape index (κ1) is 11.0. The number of rotatable bonds is 3. The van der Waals surface area contributed by atoms with E-state index in [4.69, 9.17) is 5.11 Å². The van der Waals surface area contributed by atoms with E-state index in [1.54, 1.807) is 0 Å². The Bertz CT molecular complexity index is 431. The predicted octanol–water partition coefficient (Wildman–Crippen LogP) is 0.538. The van der Waals surface area contributed by atoms with E-state index in [1.807, 2.05) is 6.92 Å². The number of hydrogen-bond donors (Lipinski definition) is 1. The molecule has 1 N–H and O–H groups in total. The summed E-state index contributed by atoms with van der Waals surface area (Å²) >= 11 is 1.34. The quantitative estimate of drug-likeness (QED) is 0.835. The Morgan fingerprint density at radius 1 is 1.62 bits per heavy atom. The third-order valence-electron chi connectivity index (χ3n) is 2.46. The standard InChI is InChI=1S/C9H11N3O3S/c1-2-6-10-11-9(16-6)12-4-5(8(14)15)3-7(12)13/h5H,2-4H2,1H3,(H,14,15). The highest BCUT2D eigenvalue weighted by Gasteiger charge is 2.36. The Hall–Kier alpha value is -1.50. The number of carbonyl (C=O) groups excluding carboxylic acids is 1. The fourth-order valence-electron chi connectivity index (χ4n) is 1.55. The molecule has 6 nitrogen and oxygen atoms in total. The number of hydrogen-bond acceptors (Lipinski definition) is 5. The van der Waals surface area contributed by atoms with E-state index >= 15 is 0 Å². The molecule has 7 heteroatoms. The van der Waals surface area contributed by atoms with Crippen molar-refractivity contribution in [3.8, 4) is 0 Å². The molecule has 2 rings (SSSR count). The van der Waals surface area contributed by atoms with Crippen molar-refractivity contribution in [2.24, 2.45) is 5.92 Å². The number of amides is 1. The summed E-state index contributed by atoms with van der Waals surface area (Å²) in [7, 11) is 0. The molecular formula is C9H11N3O3S. The molecule has 1 aromatic rings. The first-order valence-electron chi connectivity index (χ1n) is 4.97. The SMILES string of the molecule is CCc1nnc(N2CC(C(=O)O)CC2=O)s1. The molecule has 1 unspecified atom stereocenters. The Morgan fingerprint density at radius 2 is 2.38 bits per heavy atom. The molecule has 16 heavy (non-hydrogen) atoms. The van der Waals surface area contributed by atoms with Gasteiger partial charge in [0.2, 0.25) is 11.0 Å². The van der Waals surface area contributed by atoms with E-state index in [2.05, 4.69) is 10.2 Å². The van der Waals surface area contributed by atoms with Crippen LogP contribution in [0.2, 0.25) is 0 Å². The number of aromatic nitrogens is 2. The van der Waals surface area contributed by atoms with Gasteiger partial charge in [0.05, 0.1) is 5.92 Å². The first-order valence-corrected chi connectivity index (χ1v) is 5.79. The Kier molecular flexibility index (Phi) is 2.86. The van der Waals surface area contributed by atoms with Gasteiger partial charge in [-0.2, -0.15) is 0 Å². The van der Waals surface area contributed by atoms with E-state index < -0.39 is 11.9 Å². The minimum Gasteiger partial charge on any atom is -0.481 e. The summed E-state index contributed by atoms with van der Waals surface area (Å²) in [5.41, 5.74) is 0. The molecule has 0 bridgehead atoms. The summed E-state index contributed by atoms with van der Waals surface area (Å²) in [6.07, 6.45) is 0.818. The monoisotopic (exact) mass is 241 g/mol. The van der Waals surface area contributed by atoms with Gasteiger partial charge in [-0.05, 0) is 6.42 Å². The third-order valence-corrected chi connectivity index (χ3v) is 3.55. The fourth-order valence-corrected chi connectivity index (χ4v) is 2.36. The zero-order valence-corrected chi connectivity index (χ0v) is 9.53. The van der Waals surface area contributed by atoms with Crippen LogP contribution in [0, 0.1) is 5.92 Å². The van der Waals surface area contributed by atoms with Gasteiger partial charge in [0.25, 0.3) is 0 Å². The molecule has 2 heterocycles. The summed E-state index contributed by atoms with van der Waals surface area (Å²) in [4.78, 5) is 23.8. The maximum Gasteiger partial charge on any atom is 0.308 e. The lowest BCUT2D eigenvalue weighted by Crippen LogP contribution is -2.25. The van der Waals surface area contributed by atoms with Gasteiger partial charge in [0.1, 0.15) is 5.01 Å². The maximum absolute atomic E-state index is 11.6. The molecule has 86 valence electrons. The molecular weight excluding hydrogens is 230 g/mol. The second-order valence-corrected chi connectivity index (χ2v) is 4.62. The van der Waals surface area contributed by atoms with Crippen molar-refractivity contribution >= 4 is 28.3 Å². The molecule has 1 fully saturated rings. The normalized spacial score (nSPS) is 20.4. The summed E-state index contributed by atoms with van der Waals surface area (Å²) in [5.74, 6) is -1.75. The average Bonchev–Trinajstić information content (AvgIpc) is 2.83. The summed E-state index contributed by atoms with van der Waals surface area (Å²) in [6, 6.07) is 0. The molecule has 1 amide bonds. The number of anilines is 1. The third kappa shape index (κ3) is 1.90. The molecule has 1 atom stereocenters. The lowest BCUT2D eigenvalue weighted by molar-refractivity contribution is -0.141.